The van der Waals surface area contributed by atoms with Gasteiger partial charge in [-0.25, -0.2) is 4.98 Å². The van der Waals surface area contributed by atoms with Crippen LogP contribution in [0.3, 0.4) is 0 Å². The third-order valence-corrected chi connectivity index (χ3v) is 4.77. The van der Waals surface area contributed by atoms with Crippen LogP contribution in [-0.4, -0.2) is 44.3 Å². The number of aliphatic hydroxyl groups excluding tert-OH is 1. The van der Waals surface area contributed by atoms with Gasteiger partial charge in [0.15, 0.2) is 0 Å². The highest BCUT2D eigenvalue weighted by Gasteiger charge is 2.25. The number of carbonyl (C=O) groups is 1. The lowest BCUT2D eigenvalue weighted by Crippen LogP contribution is -2.30. The van der Waals surface area contributed by atoms with Crippen molar-refractivity contribution in [2.45, 2.75) is 33.0 Å². The Kier molecular flexibility index (Phi) is 4.12. The molecule has 0 fully saturated rings. The van der Waals surface area contributed by atoms with Crippen LogP contribution in [0.1, 0.15) is 33.2 Å². The summed E-state index contributed by atoms with van der Waals surface area (Å²) in [6, 6.07) is 1.85. The first-order chi connectivity index (χ1) is 10.6. The fourth-order valence-electron chi connectivity index (χ4n) is 2.57. The molecule has 3 heterocycles. The van der Waals surface area contributed by atoms with Gasteiger partial charge >= 0.3 is 0 Å². The van der Waals surface area contributed by atoms with Crippen LogP contribution >= 0.6 is 11.3 Å². The van der Waals surface area contributed by atoms with Gasteiger partial charge in [-0.15, -0.1) is 0 Å². The number of aryl methyl sites for hydroxylation is 2. The zero-order chi connectivity index (χ0) is 15.7. The molecule has 0 saturated heterocycles. The number of hydrogen-bond acceptors (Lipinski definition) is 6. The molecule has 8 heteroatoms. The van der Waals surface area contributed by atoms with E-state index in [9.17, 15) is 9.90 Å². The Morgan fingerprint density at radius 2 is 2.32 bits per heavy atom. The lowest BCUT2D eigenvalue weighted by Gasteiger charge is -2.19. The molecule has 0 unspecified atom stereocenters. The number of aliphatic hydroxyl groups is 1. The second-order valence-corrected chi connectivity index (χ2v) is 6.15. The maximum Gasteiger partial charge on any atom is 0.273 e. The van der Waals surface area contributed by atoms with E-state index in [1.54, 1.807) is 7.11 Å². The maximum absolute atomic E-state index is 12.8. The summed E-state index contributed by atoms with van der Waals surface area (Å²) in [5, 5.41) is 14.0. The summed E-state index contributed by atoms with van der Waals surface area (Å²) < 4.78 is 6.98. The van der Waals surface area contributed by atoms with Crippen molar-refractivity contribution in [3.05, 3.63) is 28.0 Å². The first-order valence-corrected chi connectivity index (χ1v) is 7.91. The largest absolute Gasteiger partial charge is 0.473 e. The molecule has 1 amide bonds. The van der Waals surface area contributed by atoms with Gasteiger partial charge in [0.1, 0.15) is 4.88 Å². The van der Waals surface area contributed by atoms with Crippen molar-refractivity contribution < 1.29 is 14.6 Å². The van der Waals surface area contributed by atoms with Crippen LogP contribution in [0.25, 0.3) is 0 Å². The first kappa shape index (κ1) is 15.0. The molecular weight excluding hydrogens is 304 g/mol. The molecule has 118 valence electrons. The average Bonchev–Trinajstić information content (AvgIpc) is 3.03. The standard InChI is InChI=1S/C14H18N4O3S/c1-9-12(22-14(15-9)21-2)13(20)17-4-3-5-18-11(7-17)6-10(8-19)16-18/h6,19H,3-5,7-8H2,1-2H3. The van der Waals surface area contributed by atoms with Gasteiger partial charge in [-0.2, -0.15) is 5.10 Å². The van der Waals surface area contributed by atoms with Crippen LogP contribution in [0.4, 0.5) is 0 Å². The van der Waals surface area contributed by atoms with E-state index < -0.39 is 0 Å². The number of amides is 1. The summed E-state index contributed by atoms with van der Waals surface area (Å²) in [4.78, 5) is 19.4. The minimum Gasteiger partial charge on any atom is -0.473 e. The predicted molar refractivity (Wildman–Crippen MR) is 80.9 cm³/mol. The molecule has 0 aliphatic carbocycles. The smallest absolute Gasteiger partial charge is 0.273 e. The third-order valence-electron chi connectivity index (χ3n) is 3.66. The molecule has 0 saturated carbocycles. The van der Waals surface area contributed by atoms with E-state index in [2.05, 4.69) is 10.1 Å². The minimum absolute atomic E-state index is 0.0292. The van der Waals surface area contributed by atoms with Crippen molar-refractivity contribution >= 4 is 17.2 Å². The number of aromatic nitrogens is 3. The molecule has 0 spiro atoms. The van der Waals surface area contributed by atoms with Crippen LogP contribution in [-0.2, 0) is 19.7 Å². The molecule has 1 aliphatic rings. The first-order valence-electron chi connectivity index (χ1n) is 7.09. The minimum atomic E-state index is -0.0842. The fraction of sp³-hybridized carbons (Fsp3) is 0.500. The van der Waals surface area contributed by atoms with E-state index in [1.807, 2.05) is 22.6 Å². The molecule has 0 aromatic carbocycles. The predicted octanol–water partition coefficient (Wildman–Crippen LogP) is 1.20. The van der Waals surface area contributed by atoms with Crippen LogP contribution in [0, 0.1) is 6.92 Å². The van der Waals surface area contributed by atoms with E-state index in [0.717, 1.165) is 18.7 Å². The van der Waals surface area contributed by atoms with Gasteiger partial charge in [0, 0.05) is 13.1 Å². The van der Waals surface area contributed by atoms with Gasteiger partial charge in [-0.05, 0) is 19.4 Å². The van der Waals surface area contributed by atoms with Crippen LogP contribution < -0.4 is 4.74 Å². The molecule has 1 aliphatic heterocycles. The van der Waals surface area contributed by atoms with Gasteiger partial charge in [0.2, 0.25) is 0 Å². The Hall–Kier alpha value is -1.93. The van der Waals surface area contributed by atoms with E-state index in [-0.39, 0.29) is 12.5 Å². The van der Waals surface area contributed by atoms with Crippen molar-refractivity contribution in [3.8, 4) is 5.19 Å². The molecule has 7 nitrogen and oxygen atoms in total. The van der Waals surface area contributed by atoms with E-state index in [0.29, 0.717) is 34.5 Å². The quantitative estimate of drug-likeness (QED) is 0.918. The van der Waals surface area contributed by atoms with E-state index in [1.165, 1.54) is 11.3 Å². The Morgan fingerprint density at radius 1 is 1.50 bits per heavy atom. The van der Waals surface area contributed by atoms with E-state index >= 15 is 0 Å². The lowest BCUT2D eigenvalue weighted by atomic mass is 10.3. The second kappa shape index (κ2) is 6.05. The number of thiazole rings is 1. The molecule has 0 bridgehead atoms. The Bertz CT molecular complexity index is 694. The topological polar surface area (TPSA) is 80.5 Å². The van der Waals surface area contributed by atoms with Crippen molar-refractivity contribution in [2.24, 2.45) is 0 Å². The molecule has 0 radical (unpaired) electrons. The SMILES string of the molecule is COc1nc(C)c(C(=O)N2CCCn3nc(CO)cc3C2)s1. The van der Waals surface area contributed by atoms with Gasteiger partial charge in [0.05, 0.1) is 37.3 Å². The monoisotopic (exact) mass is 322 g/mol. The highest BCUT2D eigenvalue weighted by Crippen LogP contribution is 2.27. The molecule has 3 rings (SSSR count). The molecule has 22 heavy (non-hydrogen) atoms. The van der Waals surface area contributed by atoms with Crippen molar-refractivity contribution in [2.75, 3.05) is 13.7 Å². The normalized spacial score (nSPS) is 14.6. The van der Waals surface area contributed by atoms with Crippen molar-refractivity contribution in [1.82, 2.24) is 19.7 Å². The van der Waals surface area contributed by atoms with Gasteiger partial charge in [-0.3, -0.25) is 9.48 Å². The summed E-state index contributed by atoms with van der Waals surface area (Å²) in [6.45, 7) is 3.66. The number of carbonyl (C=O) groups excluding carboxylic acids is 1. The Labute approximate surface area is 132 Å². The Balaban J connectivity index is 1.84. The fourth-order valence-corrected chi connectivity index (χ4v) is 3.42. The number of methoxy groups -OCH3 is 1. The summed E-state index contributed by atoms with van der Waals surface area (Å²) >= 11 is 1.27. The number of hydrogen-bond donors (Lipinski definition) is 1. The van der Waals surface area contributed by atoms with Gasteiger partial charge in [-0.1, -0.05) is 11.3 Å². The highest BCUT2D eigenvalue weighted by atomic mass is 32.1. The summed E-state index contributed by atoms with van der Waals surface area (Å²) in [7, 11) is 1.55. The molecule has 0 atom stereocenters. The van der Waals surface area contributed by atoms with Crippen molar-refractivity contribution in [3.63, 3.8) is 0 Å². The summed E-state index contributed by atoms with van der Waals surface area (Å²) in [5.74, 6) is -0.0292. The second-order valence-electron chi connectivity index (χ2n) is 5.19. The van der Waals surface area contributed by atoms with E-state index in [4.69, 9.17) is 4.74 Å². The third kappa shape index (κ3) is 2.71. The van der Waals surface area contributed by atoms with Crippen LogP contribution in [0.5, 0.6) is 5.19 Å². The van der Waals surface area contributed by atoms with Crippen molar-refractivity contribution in [1.29, 1.82) is 0 Å². The lowest BCUT2D eigenvalue weighted by molar-refractivity contribution is 0.0749. The summed E-state index contributed by atoms with van der Waals surface area (Å²) in [6.07, 6.45) is 0.834. The Morgan fingerprint density at radius 3 is 3.00 bits per heavy atom. The average molecular weight is 322 g/mol. The number of fused-ring (bicyclic) bond motifs is 1. The van der Waals surface area contributed by atoms with Crippen LogP contribution in [0.2, 0.25) is 0 Å². The molecule has 2 aromatic heterocycles. The highest BCUT2D eigenvalue weighted by molar-refractivity contribution is 7.15. The summed E-state index contributed by atoms with van der Waals surface area (Å²) in [5.41, 5.74) is 2.28. The molecule has 1 N–H and O–H groups in total. The van der Waals surface area contributed by atoms with Gasteiger partial charge < -0.3 is 14.7 Å². The van der Waals surface area contributed by atoms with Gasteiger partial charge in [0.25, 0.3) is 11.1 Å². The maximum atomic E-state index is 12.8. The number of rotatable bonds is 3. The molecular formula is C14H18N4O3S. The molecule has 2 aromatic rings. The van der Waals surface area contributed by atoms with Crippen LogP contribution in [0.15, 0.2) is 6.07 Å². The zero-order valence-electron chi connectivity index (χ0n) is 12.6. The zero-order valence-corrected chi connectivity index (χ0v) is 13.4. The number of nitrogens with zero attached hydrogens (tertiary/aromatic N) is 4. The number of ether oxygens (including phenoxy) is 1.